The third-order valence-corrected chi connectivity index (χ3v) is 2.59. The van der Waals surface area contributed by atoms with Gasteiger partial charge in [-0.1, -0.05) is 35.9 Å². The number of hydrogen-bond donors (Lipinski definition) is 0. The minimum absolute atomic E-state index is 0.326. The van der Waals surface area contributed by atoms with Gasteiger partial charge in [0.15, 0.2) is 0 Å². The summed E-state index contributed by atoms with van der Waals surface area (Å²) in [5.41, 5.74) is 2.75. The van der Waals surface area contributed by atoms with Crippen LogP contribution in [0.5, 0.6) is 0 Å². The van der Waals surface area contributed by atoms with Crippen LogP contribution in [0.15, 0.2) is 58.3 Å². The van der Waals surface area contributed by atoms with Crippen molar-refractivity contribution in [2.75, 3.05) is 0 Å². The van der Waals surface area contributed by atoms with E-state index in [4.69, 9.17) is 4.42 Å². The highest BCUT2D eigenvalue weighted by molar-refractivity contribution is 5.61. The number of allylic oxidation sites excluding steroid dienone is 1. The summed E-state index contributed by atoms with van der Waals surface area (Å²) in [7, 11) is 0. The van der Waals surface area contributed by atoms with Crippen LogP contribution in [0.1, 0.15) is 11.1 Å². The molecule has 2 heteroatoms. The molecule has 0 spiro atoms. The van der Waals surface area contributed by atoms with E-state index in [1.165, 1.54) is 11.6 Å². The minimum atomic E-state index is -0.326. The molecule has 0 radical (unpaired) electrons. The molecule has 0 saturated heterocycles. The summed E-state index contributed by atoms with van der Waals surface area (Å²) >= 11 is 0. The second-order valence-corrected chi connectivity index (χ2v) is 3.97. The maximum absolute atomic E-state index is 11.3. The molecule has 2 aromatic rings. The van der Waals surface area contributed by atoms with Crippen molar-refractivity contribution in [1.29, 1.82) is 0 Å². The fraction of sp³-hybridized carbons (Fsp3) is 0.133. The molecule has 0 aliphatic heterocycles. The molecule has 0 N–H and O–H groups in total. The average Bonchev–Trinajstić information content (AvgIpc) is 2.33. The highest BCUT2D eigenvalue weighted by Crippen LogP contribution is 2.23. The van der Waals surface area contributed by atoms with Gasteiger partial charge in [-0.15, -0.1) is 6.58 Å². The molecule has 0 atom stereocenters. The summed E-state index contributed by atoms with van der Waals surface area (Å²) in [5.74, 6) is 0.636. The fourth-order valence-electron chi connectivity index (χ4n) is 1.71. The van der Waals surface area contributed by atoms with Crippen LogP contribution in [0.25, 0.3) is 11.3 Å². The van der Waals surface area contributed by atoms with E-state index in [9.17, 15) is 4.79 Å². The first-order valence-corrected chi connectivity index (χ1v) is 5.51. The second-order valence-electron chi connectivity index (χ2n) is 3.97. The van der Waals surface area contributed by atoms with Crippen molar-refractivity contribution in [2.45, 2.75) is 13.3 Å². The van der Waals surface area contributed by atoms with Crippen LogP contribution in [-0.2, 0) is 6.42 Å². The van der Waals surface area contributed by atoms with E-state index in [1.807, 2.05) is 31.2 Å². The number of benzene rings is 1. The molecule has 2 nitrogen and oxygen atoms in total. The largest absolute Gasteiger partial charge is 0.422 e. The first-order valence-electron chi connectivity index (χ1n) is 5.51. The van der Waals surface area contributed by atoms with Crippen LogP contribution in [0.3, 0.4) is 0 Å². The molecule has 0 unspecified atom stereocenters. The van der Waals surface area contributed by atoms with Crippen molar-refractivity contribution < 1.29 is 4.42 Å². The van der Waals surface area contributed by atoms with Gasteiger partial charge in [0.2, 0.25) is 0 Å². The van der Waals surface area contributed by atoms with E-state index in [1.54, 1.807) is 12.1 Å². The summed E-state index contributed by atoms with van der Waals surface area (Å²) < 4.78 is 5.28. The molecule has 1 heterocycles. The lowest BCUT2D eigenvalue weighted by Crippen LogP contribution is -2.00. The Morgan fingerprint density at radius 1 is 1.18 bits per heavy atom. The zero-order chi connectivity index (χ0) is 12.3. The van der Waals surface area contributed by atoms with E-state index in [2.05, 4.69) is 6.58 Å². The molecule has 86 valence electrons. The first-order chi connectivity index (χ1) is 8.20. The van der Waals surface area contributed by atoms with Gasteiger partial charge in [0.05, 0.1) is 0 Å². The lowest BCUT2D eigenvalue weighted by Gasteiger charge is -2.06. The summed E-state index contributed by atoms with van der Waals surface area (Å²) in [6.07, 6.45) is 2.49. The van der Waals surface area contributed by atoms with E-state index in [0.717, 1.165) is 11.1 Å². The SMILES string of the molecule is C=CCc1ccc(=O)oc1-c1ccc(C)cc1. The Bertz CT molecular complexity index is 577. The zero-order valence-electron chi connectivity index (χ0n) is 9.77. The molecule has 0 bridgehead atoms. The van der Waals surface area contributed by atoms with Gasteiger partial charge in [-0.05, 0) is 25.0 Å². The number of hydrogen-bond acceptors (Lipinski definition) is 2. The van der Waals surface area contributed by atoms with Crippen molar-refractivity contribution >= 4 is 0 Å². The van der Waals surface area contributed by atoms with Gasteiger partial charge >= 0.3 is 5.63 Å². The van der Waals surface area contributed by atoms with Crippen LogP contribution in [0.4, 0.5) is 0 Å². The molecular weight excluding hydrogens is 212 g/mol. The van der Waals surface area contributed by atoms with Gasteiger partial charge in [-0.25, -0.2) is 4.79 Å². The summed E-state index contributed by atoms with van der Waals surface area (Å²) in [4.78, 5) is 11.3. The highest BCUT2D eigenvalue weighted by atomic mass is 16.4. The Morgan fingerprint density at radius 3 is 2.53 bits per heavy atom. The molecule has 2 rings (SSSR count). The Labute approximate surface area is 100 Å². The number of rotatable bonds is 3. The molecular formula is C15H14O2. The monoisotopic (exact) mass is 226 g/mol. The molecule has 0 amide bonds. The van der Waals surface area contributed by atoms with Crippen LogP contribution in [0.2, 0.25) is 0 Å². The molecule has 0 aliphatic carbocycles. The van der Waals surface area contributed by atoms with Crippen LogP contribution in [0, 0.1) is 6.92 Å². The summed E-state index contributed by atoms with van der Waals surface area (Å²) in [6, 6.07) is 11.2. The smallest absolute Gasteiger partial charge is 0.336 e. The molecule has 0 fully saturated rings. The fourth-order valence-corrected chi connectivity index (χ4v) is 1.71. The minimum Gasteiger partial charge on any atom is -0.422 e. The van der Waals surface area contributed by atoms with E-state index < -0.39 is 0 Å². The van der Waals surface area contributed by atoms with E-state index in [0.29, 0.717) is 12.2 Å². The van der Waals surface area contributed by atoms with Gasteiger partial charge in [-0.3, -0.25) is 0 Å². The van der Waals surface area contributed by atoms with Crippen LogP contribution in [-0.4, -0.2) is 0 Å². The third-order valence-electron chi connectivity index (χ3n) is 2.59. The quantitative estimate of drug-likeness (QED) is 0.751. The topological polar surface area (TPSA) is 30.2 Å². The first kappa shape index (κ1) is 11.4. The predicted octanol–water partition coefficient (Wildman–Crippen LogP) is 3.34. The summed E-state index contributed by atoms with van der Waals surface area (Å²) in [6.45, 7) is 5.73. The van der Waals surface area contributed by atoms with E-state index in [-0.39, 0.29) is 5.63 Å². The number of aryl methyl sites for hydroxylation is 1. The van der Waals surface area contributed by atoms with Gasteiger partial charge in [0, 0.05) is 11.6 Å². The van der Waals surface area contributed by atoms with Crippen molar-refractivity contribution in [3.8, 4) is 11.3 Å². The van der Waals surface area contributed by atoms with Crippen molar-refractivity contribution in [2.24, 2.45) is 0 Å². The van der Waals surface area contributed by atoms with E-state index >= 15 is 0 Å². The molecule has 0 aliphatic rings. The second kappa shape index (κ2) is 4.83. The van der Waals surface area contributed by atoms with Gasteiger partial charge in [-0.2, -0.15) is 0 Å². The van der Waals surface area contributed by atoms with Crippen molar-refractivity contribution in [3.63, 3.8) is 0 Å². The summed E-state index contributed by atoms with van der Waals surface area (Å²) in [5, 5.41) is 0. The van der Waals surface area contributed by atoms with Crippen LogP contribution < -0.4 is 5.63 Å². The maximum atomic E-state index is 11.3. The third kappa shape index (κ3) is 2.53. The normalized spacial score (nSPS) is 10.2. The Morgan fingerprint density at radius 2 is 1.88 bits per heavy atom. The maximum Gasteiger partial charge on any atom is 0.336 e. The Kier molecular flexibility index (Phi) is 3.24. The lowest BCUT2D eigenvalue weighted by atomic mass is 10.0. The average molecular weight is 226 g/mol. The Hall–Kier alpha value is -2.09. The van der Waals surface area contributed by atoms with Crippen molar-refractivity contribution in [1.82, 2.24) is 0 Å². The van der Waals surface area contributed by atoms with Crippen LogP contribution >= 0.6 is 0 Å². The van der Waals surface area contributed by atoms with Gasteiger partial charge in [0.1, 0.15) is 5.76 Å². The zero-order valence-corrected chi connectivity index (χ0v) is 9.77. The molecule has 1 aromatic carbocycles. The molecule has 17 heavy (non-hydrogen) atoms. The predicted molar refractivity (Wildman–Crippen MR) is 69.1 cm³/mol. The standard InChI is InChI=1S/C15H14O2/c1-3-4-12-9-10-14(16)17-15(12)13-7-5-11(2)6-8-13/h3,5-10H,1,4H2,2H3. The van der Waals surface area contributed by atoms with Gasteiger partial charge < -0.3 is 4.42 Å². The highest BCUT2D eigenvalue weighted by Gasteiger charge is 2.07. The molecule has 1 aromatic heterocycles. The molecule has 0 saturated carbocycles. The Balaban J connectivity index is 2.56. The lowest BCUT2D eigenvalue weighted by molar-refractivity contribution is 0.521. The van der Waals surface area contributed by atoms with Crippen molar-refractivity contribution in [3.05, 3.63) is 70.6 Å². The van der Waals surface area contributed by atoms with Gasteiger partial charge in [0.25, 0.3) is 0 Å².